The first-order chi connectivity index (χ1) is 10.1. The maximum absolute atomic E-state index is 6.44. The van der Waals surface area contributed by atoms with E-state index in [-0.39, 0.29) is 6.04 Å². The third-order valence-electron chi connectivity index (χ3n) is 4.83. The second kappa shape index (κ2) is 8.30. The zero-order valence-corrected chi connectivity index (χ0v) is 15.0. The number of benzene rings is 1. The van der Waals surface area contributed by atoms with E-state index in [0.29, 0.717) is 6.04 Å². The van der Waals surface area contributed by atoms with E-state index in [2.05, 4.69) is 59.1 Å². The third-order valence-corrected chi connectivity index (χ3v) is 5.36. The lowest BCUT2D eigenvalue weighted by Crippen LogP contribution is -2.41. The highest BCUT2D eigenvalue weighted by atomic mass is 79.9. The predicted octanol–water partition coefficient (Wildman–Crippen LogP) is 4.74. The Morgan fingerprint density at radius 2 is 1.81 bits per heavy atom. The molecule has 2 N–H and O–H groups in total. The Morgan fingerprint density at radius 1 is 1.19 bits per heavy atom. The smallest absolute Gasteiger partial charge is 0.0496 e. The average molecular weight is 353 g/mol. The second-order valence-corrected chi connectivity index (χ2v) is 7.43. The normalized spacial score (nSPS) is 19.7. The molecule has 0 radical (unpaired) electrons. The molecule has 118 valence electrons. The van der Waals surface area contributed by atoms with Crippen LogP contribution in [0.2, 0.25) is 0 Å². The fourth-order valence-electron chi connectivity index (χ4n) is 3.60. The van der Waals surface area contributed by atoms with Crippen LogP contribution in [0.15, 0.2) is 28.7 Å². The highest BCUT2D eigenvalue weighted by Gasteiger charge is 2.25. The third kappa shape index (κ3) is 4.80. The van der Waals surface area contributed by atoms with Crippen LogP contribution in [-0.4, -0.2) is 24.5 Å². The SMILES string of the molecule is CCC(N)C(c1ccc(Br)cc1)N(C)CC1CCCCC1. The van der Waals surface area contributed by atoms with Gasteiger partial charge in [-0.1, -0.05) is 54.2 Å². The van der Waals surface area contributed by atoms with Crippen molar-refractivity contribution in [2.45, 2.75) is 57.5 Å². The number of nitrogens with two attached hydrogens (primary N) is 1. The van der Waals surface area contributed by atoms with Crippen LogP contribution in [0, 0.1) is 5.92 Å². The molecule has 3 heteroatoms. The molecule has 2 atom stereocenters. The Morgan fingerprint density at radius 3 is 2.38 bits per heavy atom. The summed E-state index contributed by atoms with van der Waals surface area (Å²) in [6, 6.07) is 9.19. The largest absolute Gasteiger partial charge is 0.326 e. The lowest BCUT2D eigenvalue weighted by molar-refractivity contribution is 0.161. The summed E-state index contributed by atoms with van der Waals surface area (Å²) in [6.45, 7) is 3.36. The van der Waals surface area contributed by atoms with Gasteiger partial charge in [0.05, 0.1) is 0 Å². The number of hydrogen-bond acceptors (Lipinski definition) is 2. The van der Waals surface area contributed by atoms with E-state index in [1.165, 1.54) is 44.2 Å². The van der Waals surface area contributed by atoms with Gasteiger partial charge < -0.3 is 5.73 Å². The van der Waals surface area contributed by atoms with Gasteiger partial charge in [0.25, 0.3) is 0 Å². The Balaban J connectivity index is 2.09. The van der Waals surface area contributed by atoms with Crippen molar-refractivity contribution in [1.82, 2.24) is 4.90 Å². The van der Waals surface area contributed by atoms with Crippen LogP contribution in [0.25, 0.3) is 0 Å². The zero-order valence-electron chi connectivity index (χ0n) is 13.4. The highest BCUT2D eigenvalue weighted by molar-refractivity contribution is 9.10. The van der Waals surface area contributed by atoms with Crippen molar-refractivity contribution in [3.8, 4) is 0 Å². The van der Waals surface area contributed by atoms with Crippen molar-refractivity contribution < 1.29 is 0 Å². The van der Waals surface area contributed by atoms with Gasteiger partial charge in [-0.25, -0.2) is 0 Å². The molecule has 1 aliphatic rings. The van der Waals surface area contributed by atoms with Gasteiger partial charge in [0.1, 0.15) is 0 Å². The molecule has 2 nitrogen and oxygen atoms in total. The van der Waals surface area contributed by atoms with E-state index < -0.39 is 0 Å². The van der Waals surface area contributed by atoms with Crippen molar-refractivity contribution in [3.05, 3.63) is 34.3 Å². The minimum Gasteiger partial charge on any atom is -0.326 e. The Hall–Kier alpha value is -0.380. The van der Waals surface area contributed by atoms with Gasteiger partial charge in [-0.3, -0.25) is 4.90 Å². The molecule has 0 aromatic heterocycles. The summed E-state index contributed by atoms with van der Waals surface area (Å²) < 4.78 is 1.13. The summed E-state index contributed by atoms with van der Waals surface area (Å²) in [7, 11) is 2.25. The first-order valence-electron chi connectivity index (χ1n) is 8.33. The molecule has 0 saturated heterocycles. The fraction of sp³-hybridized carbons (Fsp3) is 0.667. The lowest BCUT2D eigenvalue weighted by Gasteiger charge is -2.36. The molecule has 1 saturated carbocycles. The molecule has 1 aromatic rings. The lowest BCUT2D eigenvalue weighted by atomic mass is 9.87. The van der Waals surface area contributed by atoms with Crippen LogP contribution in [0.4, 0.5) is 0 Å². The maximum Gasteiger partial charge on any atom is 0.0496 e. The molecule has 0 spiro atoms. The molecule has 0 bridgehead atoms. The summed E-state index contributed by atoms with van der Waals surface area (Å²) in [5.41, 5.74) is 7.78. The molecule has 2 rings (SSSR count). The van der Waals surface area contributed by atoms with Gasteiger partial charge >= 0.3 is 0 Å². The molecule has 1 aliphatic carbocycles. The van der Waals surface area contributed by atoms with Gasteiger partial charge in [-0.15, -0.1) is 0 Å². The van der Waals surface area contributed by atoms with Gasteiger partial charge in [0.15, 0.2) is 0 Å². The summed E-state index contributed by atoms with van der Waals surface area (Å²) in [5, 5.41) is 0. The first kappa shape index (κ1) is 17.0. The highest BCUT2D eigenvalue weighted by Crippen LogP contribution is 2.30. The van der Waals surface area contributed by atoms with Gasteiger partial charge in [0.2, 0.25) is 0 Å². The summed E-state index contributed by atoms with van der Waals surface area (Å²) in [4.78, 5) is 2.49. The molecule has 0 heterocycles. The second-order valence-electron chi connectivity index (χ2n) is 6.51. The molecule has 1 fully saturated rings. The van der Waals surface area contributed by atoms with E-state index in [1.54, 1.807) is 0 Å². The van der Waals surface area contributed by atoms with Crippen molar-refractivity contribution in [2.24, 2.45) is 11.7 Å². The van der Waals surface area contributed by atoms with E-state index in [9.17, 15) is 0 Å². The molecular weight excluding hydrogens is 324 g/mol. The standard InChI is InChI=1S/C18H29BrN2/c1-3-17(20)18(15-9-11-16(19)12-10-15)21(2)13-14-7-5-4-6-8-14/h9-12,14,17-18H,3-8,13,20H2,1-2H3. The Kier molecular flexibility index (Phi) is 6.72. The zero-order chi connectivity index (χ0) is 15.2. The Labute approximate surface area is 138 Å². The van der Waals surface area contributed by atoms with E-state index >= 15 is 0 Å². The summed E-state index contributed by atoms with van der Waals surface area (Å²) in [5.74, 6) is 0.853. The topological polar surface area (TPSA) is 29.3 Å². The predicted molar refractivity (Wildman–Crippen MR) is 94.4 cm³/mol. The van der Waals surface area contributed by atoms with Crippen LogP contribution in [-0.2, 0) is 0 Å². The van der Waals surface area contributed by atoms with Crippen LogP contribution >= 0.6 is 15.9 Å². The fourth-order valence-corrected chi connectivity index (χ4v) is 3.87. The van der Waals surface area contributed by atoms with Crippen LogP contribution in [0.5, 0.6) is 0 Å². The molecule has 1 aromatic carbocycles. The number of nitrogens with zero attached hydrogens (tertiary/aromatic N) is 1. The quantitative estimate of drug-likeness (QED) is 0.800. The number of hydrogen-bond donors (Lipinski definition) is 1. The van der Waals surface area contributed by atoms with Crippen molar-refractivity contribution in [3.63, 3.8) is 0 Å². The van der Waals surface area contributed by atoms with Crippen LogP contribution in [0.1, 0.15) is 57.1 Å². The summed E-state index contributed by atoms with van der Waals surface area (Å²) >= 11 is 3.52. The number of likely N-dealkylation sites (N-methyl/N-ethyl adjacent to an activating group) is 1. The van der Waals surface area contributed by atoms with Gasteiger partial charge in [-0.2, -0.15) is 0 Å². The molecule has 21 heavy (non-hydrogen) atoms. The van der Waals surface area contributed by atoms with Gasteiger partial charge in [-0.05, 0) is 49.9 Å². The number of rotatable bonds is 6. The monoisotopic (exact) mass is 352 g/mol. The minimum absolute atomic E-state index is 0.194. The minimum atomic E-state index is 0.194. The van der Waals surface area contributed by atoms with E-state index in [0.717, 1.165) is 16.8 Å². The van der Waals surface area contributed by atoms with E-state index in [1.807, 2.05) is 0 Å². The van der Waals surface area contributed by atoms with Crippen molar-refractivity contribution >= 4 is 15.9 Å². The van der Waals surface area contributed by atoms with E-state index in [4.69, 9.17) is 5.73 Å². The van der Waals surface area contributed by atoms with Crippen molar-refractivity contribution in [2.75, 3.05) is 13.6 Å². The maximum atomic E-state index is 6.44. The van der Waals surface area contributed by atoms with Crippen molar-refractivity contribution in [1.29, 1.82) is 0 Å². The molecule has 2 unspecified atom stereocenters. The summed E-state index contributed by atoms with van der Waals surface area (Å²) in [6.07, 6.45) is 8.01. The van der Waals surface area contributed by atoms with Crippen LogP contribution in [0.3, 0.4) is 0 Å². The molecular formula is C18H29BrN2. The molecule has 0 amide bonds. The first-order valence-corrected chi connectivity index (χ1v) is 9.12. The number of halogens is 1. The van der Waals surface area contributed by atoms with Gasteiger partial charge in [0, 0.05) is 23.1 Å². The van der Waals surface area contributed by atoms with Crippen LogP contribution < -0.4 is 5.73 Å². The molecule has 0 aliphatic heterocycles. The Bertz CT molecular complexity index is 412. The average Bonchev–Trinajstić information content (AvgIpc) is 2.50.